The highest BCUT2D eigenvalue weighted by atomic mass is 79.9. The van der Waals surface area contributed by atoms with E-state index in [-0.39, 0.29) is 12.5 Å². The van der Waals surface area contributed by atoms with Crippen LogP contribution in [0, 0.1) is 0 Å². The number of anilines is 1. The average molecular weight is 396 g/mol. The second-order valence-electron chi connectivity index (χ2n) is 5.66. The Balaban J connectivity index is 1.57. The number of amides is 1. The third-order valence-corrected chi connectivity index (χ3v) is 4.29. The Bertz CT molecular complexity index is 937. The molecule has 0 heterocycles. The largest absolute Gasteiger partial charge is 0.376 e. The molecule has 0 aliphatic heterocycles. The number of halogens is 1. The van der Waals surface area contributed by atoms with Crippen molar-refractivity contribution in [3.05, 3.63) is 76.8 Å². The summed E-state index contributed by atoms with van der Waals surface area (Å²) in [5.74, 6) is -0.192. The Morgan fingerprint density at radius 3 is 2.60 bits per heavy atom. The maximum atomic E-state index is 12.0. The van der Waals surface area contributed by atoms with Crippen molar-refractivity contribution < 1.29 is 4.79 Å². The minimum absolute atomic E-state index is 0.160. The highest BCUT2D eigenvalue weighted by Crippen LogP contribution is 2.18. The number of hydrazone groups is 1. The van der Waals surface area contributed by atoms with Gasteiger partial charge in [-0.1, -0.05) is 58.4 Å². The molecule has 0 atom stereocenters. The predicted molar refractivity (Wildman–Crippen MR) is 107 cm³/mol. The van der Waals surface area contributed by atoms with Gasteiger partial charge in [0.2, 0.25) is 0 Å². The molecule has 0 fully saturated rings. The second-order valence-corrected chi connectivity index (χ2v) is 6.57. The Morgan fingerprint density at radius 2 is 1.80 bits per heavy atom. The summed E-state index contributed by atoms with van der Waals surface area (Å²) in [7, 11) is 0. The Morgan fingerprint density at radius 1 is 1.00 bits per heavy atom. The first-order valence-electron chi connectivity index (χ1n) is 7.93. The third-order valence-electron chi connectivity index (χ3n) is 3.79. The summed E-state index contributed by atoms with van der Waals surface area (Å²) >= 11 is 3.43. The first-order valence-corrected chi connectivity index (χ1v) is 8.73. The summed E-state index contributed by atoms with van der Waals surface area (Å²) < 4.78 is 0.976. The quantitative estimate of drug-likeness (QED) is 0.491. The lowest BCUT2D eigenvalue weighted by molar-refractivity contribution is -0.119. The number of hydrogen-bond donors (Lipinski definition) is 2. The van der Waals surface area contributed by atoms with E-state index in [9.17, 15) is 4.79 Å². The van der Waals surface area contributed by atoms with Crippen LogP contribution in [-0.4, -0.2) is 18.2 Å². The van der Waals surface area contributed by atoms with E-state index in [4.69, 9.17) is 0 Å². The van der Waals surface area contributed by atoms with Gasteiger partial charge < -0.3 is 5.32 Å². The zero-order valence-electron chi connectivity index (χ0n) is 13.8. The highest BCUT2D eigenvalue weighted by Gasteiger charge is 2.03. The molecule has 126 valence electrons. The van der Waals surface area contributed by atoms with E-state index in [1.807, 2.05) is 67.6 Å². The molecule has 4 nitrogen and oxygen atoms in total. The lowest BCUT2D eigenvalue weighted by Crippen LogP contribution is -2.26. The maximum Gasteiger partial charge on any atom is 0.259 e. The molecular weight excluding hydrogens is 378 g/mol. The maximum absolute atomic E-state index is 12.0. The van der Waals surface area contributed by atoms with Gasteiger partial charge in [-0.15, -0.1) is 0 Å². The molecule has 0 aliphatic carbocycles. The van der Waals surface area contributed by atoms with Crippen molar-refractivity contribution in [1.82, 2.24) is 5.43 Å². The van der Waals surface area contributed by atoms with Gasteiger partial charge in [0.1, 0.15) is 0 Å². The summed E-state index contributed by atoms with van der Waals surface area (Å²) in [5.41, 5.74) is 5.19. The number of fused-ring (bicyclic) bond motifs is 1. The van der Waals surface area contributed by atoms with Crippen LogP contribution in [-0.2, 0) is 4.79 Å². The van der Waals surface area contributed by atoms with Gasteiger partial charge in [-0.05, 0) is 47.5 Å². The molecule has 0 spiro atoms. The number of carbonyl (C=O) groups is 1. The van der Waals surface area contributed by atoms with Gasteiger partial charge >= 0.3 is 0 Å². The molecule has 0 bridgehead atoms. The fraction of sp³-hybridized carbons (Fsp3) is 0.100. The molecule has 0 radical (unpaired) electrons. The van der Waals surface area contributed by atoms with Crippen LogP contribution >= 0.6 is 15.9 Å². The summed E-state index contributed by atoms with van der Waals surface area (Å²) in [6.07, 6.45) is 0. The molecular formula is C20H18BrN3O. The van der Waals surface area contributed by atoms with E-state index in [1.165, 1.54) is 5.39 Å². The van der Waals surface area contributed by atoms with Gasteiger partial charge in [0.15, 0.2) is 0 Å². The molecule has 0 saturated carbocycles. The van der Waals surface area contributed by atoms with Gasteiger partial charge in [0, 0.05) is 10.2 Å². The van der Waals surface area contributed by atoms with Crippen LogP contribution in [0.3, 0.4) is 0 Å². The van der Waals surface area contributed by atoms with E-state index in [0.29, 0.717) is 0 Å². The number of rotatable bonds is 5. The average Bonchev–Trinajstić information content (AvgIpc) is 2.64. The Labute approximate surface area is 155 Å². The second kappa shape index (κ2) is 7.94. The summed E-state index contributed by atoms with van der Waals surface area (Å²) in [4.78, 5) is 12.0. The molecule has 0 unspecified atom stereocenters. The van der Waals surface area contributed by atoms with Crippen LogP contribution in [0.25, 0.3) is 10.8 Å². The topological polar surface area (TPSA) is 53.5 Å². The van der Waals surface area contributed by atoms with Crippen LogP contribution in [0.2, 0.25) is 0 Å². The minimum atomic E-state index is -0.192. The summed E-state index contributed by atoms with van der Waals surface area (Å²) in [5, 5.41) is 9.58. The van der Waals surface area contributed by atoms with Crippen LogP contribution in [0.5, 0.6) is 0 Å². The Hall–Kier alpha value is -2.66. The Kier molecular flexibility index (Phi) is 5.46. The third kappa shape index (κ3) is 4.67. The van der Waals surface area contributed by atoms with Gasteiger partial charge in [-0.2, -0.15) is 5.10 Å². The zero-order chi connectivity index (χ0) is 17.6. The van der Waals surface area contributed by atoms with E-state index in [0.717, 1.165) is 26.8 Å². The first-order chi connectivity index (χ1) is 12.1. The van der Waals surface area contributed by atoms with Crippen molar-refractivity contribution in [2.45, 2.75) is 6.92 Å². The normalized spacial score (nSPS) is 11.4. The fourth-order valence-electron chi connectivity index (χ4n) is 2.45. The van der Waals surface area contributed by atoms with Crippen molar-refractivity contribution in [2.75, 3.05) is 11.9 Å². The van der Waals surface area contributed by atoms with Crippen molar-refractivity contribution in [3.8, 4) is 0 Å². The van der Waals surface area contributed by atoms with E-state index < -0.39 is 0 Å². The lowest BCUT2D eigenvalue weighted by Gasteiger charge is -2.07. The standard InChI is InChI=1S/C20H18BrN3O/c1-14(16-7-4-8-18(21)11-16)23-24-20(25)13-22-19-10-9-15-5-2-3-6-17(15)12-19/h2-12,22H,13H2,1H3,(H,24,25)/b23-14-. The minimum Gasteiger partial charge on any atom is -0.376 e. The molecule has 0 aliphatic rings. The zero-order valence-corrected chi connectivity index (χ0v) is 15.4. The van der Waals surface area contributed by atoms with Crippen molar-refractivity contribution in [1.29, 1.82) is 0 Å². The van der Waals surface area contributed by atoms with E-state index in [2.05, 4.69) is 37.8 Å². The van der Waals surface area contributed by atoms with Crippen molar-refractivity contribution in [3.63, 3.8) is 0 Å². The van der Waals surface area contributed by atoms with Gasteiger partial charge in [-0.3, -0.25) is 4.79 Å². The summed E-state index contributed by atoms with van der Waals surface area (Å²) in [6.45, 7) is 2.02. The van der Waals surface area contributed by atoms with E-state index in [1.54, 1.807) is 0 Å². The fourth-order valence-corrected chi connectivity index (χ4v) is 2.84. The van der Waals surface area contributed by atoms with Crippen LogP contribution in [0.15, 0.2) is 76.3 Å². The summed E-state index contributed by atoms with van der Waals surface area (Å²) in [6, 6.07) is 21.9. The smallest absolute Gasteiger partial charge is 0.259 e. The molecule has 2 N–H and O–H groups in total. The van der Waals surface area contributed by atoms with Gasteiger partial charge in [-0.25, -0.2) is 5.43 Å². The molecule has 0 saturated heterocycles. The highest BCUT2D eigenvalue weighted by molar-refractivity contribution is 9.10. The molecule has 25 heavy (non-hydrogen) atoms. The number of carbonyl (C=O) groups excluding carboxylic acids is 1. The molecule has 3 aromatic carbocycles. The van der Waals surface area contributed by atoms with Crippen molar-refractivity contribution in [2.24, 2.45) is 5.10 Å². The molecule has 5 heteroatoms. The molecule has 1 amide bonds. The number of nitrogens with zero attached hydrogens (tertiary/aromatic N) is 1. The number of nitrogens with one attached hydrogen (secondary N) is 2. The van der Waals surface area contributed by atoms with E-state index >= 15 is 0 Å². The molecule has 3 aromatic rings. The molecule has 3 rings (SSSR count). The first kappa shape index (κ1) is 17.2. The monoisotopic (exact) mass is 395 g/mol. The van der Waals surface area contributed by atoms with Crippen LogP contribution < -0.4 is 10.7 Å². The SMILES string of the molecule is C/C(=N/NC(=O)CNc1ccc2ccccc2c1)c1cccc(Br)c1. The van der Waals surface area contributed by atoms with Crippen molar-refractivity contribution >= 4 is 44.0 Å². The lowest BCUT2D eigenvalue weighted by atomic mass is 10.1. The number of hydrogen-bond acceptors (Lipinski definition) is 3. The molecule has 0 aromatic heterocycles. The van der Waals surface area contributed by atoms with Crippen LogP contribution in [0.4, 0.5) is 5.69 Å². The predicted octanol–water partition coefficient (Wildman–Crippen LogP) is 4.55. The van der Waals surface area contributed by atoms with Crippen LogP contribution in [0.1, 0.15) is 12.5 Å². The number of benzene rings is 3. The van der Waals surface area contributed by atoms with Gasteiger partial charge in [0.25, 0.3) is 5.91 Å². The van der Waals surface area contributed by atoms with Gasteiger partial charge in [0.05, 0.1) is 12.3 Å².